The van der Waals surface area contributed by atoms with E-state index in [1.807, 2.05) is 0 Å². The summed E-state index contributed by atoms with van der Waals surface area (Å²) in [5.74, 6) is 0.435. The Morgan fingerprint density at radius 1 is 1.21 bits per heavy atom. The monoisotopic (exact) mass is 348 g/mol. The first-order valence-corrected chi connectivity index (χ1v) is 9.29. The Hall–Kier alpha value is -2.19. The van der Waals surface area contributed by atoms with Gasteiger partial charge in [-0.15, -0.1) is 0 Å². The van der Waals surface area contributed by atoms with Gasteiger partial charge in [0.1, 0.15) is 0 Å². The summed E-state index contributed by atoms with van der Waals surface area (Å²) in [6, 6.07) is 9.98. The molecule has 7 nitrogen and oxygen atoms in total. The van der Waals surface area contributed by atoms with Gasteiger partial charge in [0.15, 0.2) is 0 Å². The lowest BCUT2D eigenvalue weighted by Crippen LogP contribution is -2.42. The second-order valence-electron chi connectivity index (χ2n) is 5.87. The van der Waals surface area contributed by atoms with E-state index in [1.54, 1.807) is 37.3 Å². The Morgan fingerprint density at radius 2 is 1.88 bits per heavy atom. The van der Waals surface area contributed by atoms with E-state index in [1.165, 1.54) is 10.4 Å². The maximum absolute atomic E-state index is 12.6. The minimum Gasteiger partial charge on any atom is -0.353 e. The number of rotatable bonds is 4. The molecule has 3 rings (SSSR count). The van der Waals surface area contributed by atoms with E-state index in [-0.39, 0.29) is 11.6 Å². The van der Waals surface area contributed by atoms with Gasteiger partial charge in [0.2, 0.25) is 16.0 Å². The van der Waals surface area contributed by atoms with Gasteiger partial charge in [0.05, 0.1) is 4.90 Å². The Kier molecular flexibility index (Phi) is 4.68. The zero-order valence-electron chi connectivity index (χ0n) is 13.4. The van der Waals surface area contributed by atoms with Crippen LogP contribution in [0.5, 0.6) is 0 Å². The first-order chi connectivity index (χ1) is 11.4. The SMILES string of the molecule is Cc1cc(=O)[nH]c(NC2CCN(S(=O)(=O)c3ccccc3)CC2)n1. The number of aromatic nitrogens is 2. The summed E-state index contributed by atoms with van der Waals surface area (Å²) in [4.78, 5) is 18.7. The molecule has 24 heavy (non-hydrogen) atoms. The highest BCUT2D eigenvalue weighted by Gasteiger charge is 2.29. The number of aromatic amines is 1. The van der Waals surface area contributed by atoms with Crippen molar-refractivity contribution in [2.24, 2.45) is 0 Å². The molecule has 1 aliphatic heterocycles. The maximum atomic E-state index is 12.6. The van der Waals surface area contributed by atoms with Crippen LogP contribution in [0.4, 0.5) is 5.95 Å². The predicted octanol–water partition coefficient (Wildman–Crippen LogP) is 1.34. The molecule has 2 aromatic rings. The van der Waals surface area contributed by atoms with Gasteiger partial charge in [-0.3, -0.25) is 9.78 Å². The van der Waals surface area contributed by atoms with Crippen LogP contribution < -0.4 is 10.9 Å². The van der Waals surface area contributed by atoms with Gasteiger partial charge in [-0.1, -0.05) is 18.2 Å². The molecule has 0 amide bonds. The molecule has 1 fully saturated rings. The van der Waals surface area contributed by atoms with E-state index in [2.05, 4.69) is 15.3 Å². The van der Waals surface area contributed by atoms with Crippen LogP contribution in [0.1, 0.15) is 18.5 Å². The van der Waals surface area contributed by atoms with E-state index in [4.69, 9.17) is 0 Å². The lowest BCUT2D eigenvalue weighted by atomic mass is 10.1. The highest BCUT2D eigenvalue weighted by atomic mass is 32.2. The van der Waals surface area contributed by atoms with Gasteiger partial charge >= 0.3 is 0 Å². The van der Waals surface area contributed by atoms with Gasteiger partial charge in [-0.25, -0.2) is 13.4 Å². The van der Waals surface area contributed by atoms with Crippen molar-refractivity contribution in [2.45, 2.75) is 30.7 Å². The minimum atomic E-state index is -3.44. The first-order valence-electron chi connectivity index (χ1n) is 7.85. The summed E-state index contributed by atoms with van der Waals surface area (Å²) in [6.45, 7) is 2.63. The van der Waals surface area contributed by atoms with E-state index in [0.717, 1.165) is 0 Å². The largest absolute Gasteiger partial charge is 0.353 e. The molecule has 0 saturated carbocycles. The number of nitrogens with one attached hydrogen (secondary N) is 2. The molecule has 1 aromatic heterocycles. The van der Waals surface area contributed by atoms with Crippen LogP contribution in [0.25, 0.3) is 0 Å². The van der Waals surface area contributed by atoms with Crippen molar-refractivity contribution in [1.82, 2.24) is 14.3 Å². The molecule has 0 aliphatic carbocycles. The average molecular weight is 348 g/mol. The zero-order chi connectivity index (χ0) is 17.2. The molecule has 1 saturated heterocycles. The van der Waals surface area contributed by atoms with Crippen molar-refractivity contribution in [3.8, 4) is 0 Å². The van der Waals surface area contributed by atoms with E-state index in [0.29, 0.717) is 42.5 Å². The van der Waals surface area contributed by atoms with Crippen molar-refractivity contribution in [3.05, 3.63) is 52.4 Å². The molecular formula is C16H20N4O3S. The number of piperidine rings is 1. The lowest BCUT2D eigenvalue weighted by molar-refractivity contribution is 0.329. The van der Waals surface area contributed by atoms with Gasteiger partial charge in [-0.2, -0.15) is 4.31 Å². The van der Waals surface area contributed by atoms with Crippen LogP contribution in [0.3, 0.4) is 0 Å². The minimum absolute atomic E-state index is 0.0807. The molecule has 0 unspecified atom stereocenters. The summed E-state index contributed by atoms with van der Waals surface area (Å²) in [5.41, 5.74) is 0.444. The quantitative estimate of drug-likeness (QED) is 0.869. The molecule has 128 valence electrons. The summed E-state index contributed by atoms with van der Waals surface area (Å²) < 4.78 is 26.7. The number of aryl methyl sites for hydroxylation is 1. The van der Waals surface area contributed by atoms with E-state index >= 15 is 0 Å². The van der Waals surface area contributed by atoms with Crippen LogP contribution in [0, 0.1) is 6.92 Å². The number of nitrogens with zero attached hydrogens (tertiary/aromatic N) is 2. The number of sulfonamides is 1. The summed E-state index contributed by atoms with van der Waals surface area (Å²) in [7, 11) is -3.44. The lowest BCUT2D eigenvalue weighted by Gasteiger charge is -2.31. The fraction of sp³-hybridized carbons (Fsp3) is 0.375. The number of hydrogen-bond acceptors (Lipinski definition) is 5. The van der Waals surface area contributed by atoms with Crippen LogP contribution >= 0.6 is 0 Å². The third kappa shape index (κ3) is 3.65. The normalized spacial score (nSPS) is 16.9. The number of H-pyrrole nitrogens is 1. The van der Waals surface area contributed by atoms with Crippen LogP contribution in [0.15, 0.2) is 46.1 Å². The molecule has 0 atom stereocenters. The molecule has 0 spiro atoms. The molecular weight excluding hydrogens is 328 g/mol. The van der Waals surface area contributed by atoms with Crippen LogP contribution in [-0.4, -0.2) is 41.8 Å². The topological polar surface area (TPSA) is 95.2 Å². The predicted molar refractivity (Wildman–Crippen MR) is 91.4 cm³/mol. The highest BCUT2D eigenvalue weighted by molar-refractivity contribution is 7.89. The average Bonchev–Trinajstić information content (AvgIpc) is 2.55. The smallest absolute Gasteiger partial charge is 0.252 e. The maximum Gasteiger partial charge on any atom is 0.252 e. The third-order valence-corrected chi connectivity index (χ3v) is 5.96. The van der Waals surface area contributed by atoms with Crippen molar-refractivity contribution in [2.75, 3.05) is 18.4 Å². The fourth-order valence-corrected chi connectivity index (χ4v) is 4.31. The molecule has 1 aliphatic rings. The Balaban J connectivity index is 1.64. The second-order valence-corrected chi connectivity index (χ2v) is 7.81. The van der Waals surface area contributed by atoms with Gasteiger partial charge in [0.25, 0.3) is 5.56 Å². The molecule has 2 N–H and O–H groups in total. The molecule has 2 heterocycles. The van der Waals surface area contributed by atoms with E-state index < -0.39 is 10.0 Å². The zero-order valence-corrected chi connectivity index (χ0v) is 14.2. The Bertz CT molecular complexity index is 856. The van der Waals surface area contributed by atoms with Crippen LogP contribution in [-0.2, 0) is 10.0 Å². The molecule has 0 bridgehead atoms. The standard InChI is InChI=1S/C16H20N4O3S/c1-12-11-15(21)19-16(17-12)18-13-7-9-20(10-8-13)24(22,23)14-5-3-2-4-6-14/h2-6,11,13H,7-10H2,1H3,(H2,17,18,19,21). The second kappa shape index (κ2) is 6.74. The van der Waals surface area contributed by atoms with Gasteiger partial charge in [0, 0.05) is 30.9 Å². The summed E-state index contributed by atoms with van der Waals surface area (Å²) in [6.07, 6.45) is 1.31. The van der Waals surface area contributed by atoms with Crippen molar-refractivity contribution < 1.29 is 8.42 Å². The van der Waals surface area contributed by atoms with E-state index in [9.17, 15) is 13.2 Å². The fourth-order valence-electron chi connectivity index (χ4n) is 2.82. The Labute approximate surface area is 140 Å². The van der Waals surface area contributed by atoms with Gasteiger partial charge < -0.3 is 5.32 Å². The third-order valence-electron chi connectivity index (χ3n) is 4.05. The summed E-state index contributed by atoms with van der Waals surface area (Å²) in [5, 5.41) is 3.19. The molecule has 8 heteroatoms. The van der Waals surface area contributed by atoms with Crippen molar-refractivity contribution >= 4 is 16.0 Å². The highest BCUT2D eigenvalue weighted by Crippen LogP contribution is 2.21. The molecule has 0 radical (unpaired) electrons. The Morgan fingerprint density at radius 3 is 2.50 bits per heavy atom. The van der Waals surface area contributed by atoms with Crippen molar-refractivity contribution in [3.63, 3.8) is 0 Å². The number of anilines is 1. The number of benzene rings is 1. The summed E-state index contributed by atoms with van der Waals surface area (Å²) >= 11 is 0. The first kappa shape index (κ1) is 16.7. The number of hydrogen-bond donors (Lipinski definition) is 2. The van der Waals surface area contributed by atoms with Crippen molar-refractivity contribution in [1.29, 1.82) is 0 Å². The van der Waals surface area contributed by atoms with Crippen LogP contribution in [0.2, 0.25) is 0 Å². The molecule has 1 aromatic carbocycles. The van der Waals surface area contributed by atoms with Gasteiger partial charge in [-0.05, 0) is 31.9 Å².